The summed E-state index contributed by atoms with van der Waals surface area (Å²) in [7, 11) is 1.82. The molecule has 21 heavy (non-hydrogen) atoms. The summed E-state index contributed by atoms with van der Waals surface area (Å²) in [5.41, 5.74) is 2.18. The third-order valence-corrected chi connectivity index (χ3v) is 3.28. The second-order valence-corrected chi connectivity index (χ2v) is 5.07. The summed E-state index contributed by atoms with van der Waals surface area (Å²) in [5, 5.41) is 6.13. The second kappa shape index (κ2) is 6.52. The highest BCUT2D eigenvalue weighted by Crippen LogP contribution is 2.25. The maximum atomic E-state index is 14.0. The molecule has 0 aliphatic carbocycles. The number of halogens is 1. The van der Waals surface area contributed by atoms with Gasteiger partial charge in [0.05, 0.1) is 5.69 Å². The molecule has 0 unspecified atom stereocenters. The molecule has 2 N–H and O–H groups in total. The van der Waals surface area contributed by atoms with Gasteiger partial charge in [-0.3, -0.25) is 0 Å². The van der Waals surface area contributed by atoms with E-state index in [1.165, 1.54) is 6.07 Å². The van der Waals surface area contributed by atoms with Gasteiger partial charge in [-0.25, -0.2) is 14.4 Å². The topological polar surface area (TPSA) is 49.8 Å². The Balaban J connectivity index is 2.40. The van der Waals surface area contributed by atoms with E-state index in [1.807, 2.05) is 27.0 Å². The van der Waals surface area contributed by atoms with Crippen molar-refractivity contribution < 1.29 is 4.39 Å². The standard InChI is InChI=1S/C16H21FN4/c1-5-6-14-20-15(18-4)11(3)16(21-14)19-13-8-7-10(2)9-12(13)17/h7-9H,5-6H2,1-4H3,(H2,18,19,20,21). The van der Waals surface area contributed by atoms with E-state index in [-0.39, 0.29) is 5.82 Å². The molecule has 1 aromatic carbocycles. The zero-order valence-corrected chi connectivity index (χ0v) is 12.9. The Hall–Kier alpha value is -2.17. The van der Waals surface area contributed by atoms with Crippen molar-refractivity contribution >= 4 is 17.3 Å². The molecule has 0 atom stereocenters. The van der Waals surface area contributed by atoms with Crippen LogP contribution in [0.15, 0.2) is 18.2 Å². The van der Waals surface area contributed by atoms with Gasteiger partial charge in [0.2, 0.25) is 0 Å². The highest BCUT2D eigenvalue weighted by atomic mass is 19.1. The third kappa shape index (κ3) is 3.48. The lowest BCUT2D eigenvalue weighted by atomic mass is 10.2. The number of aryl methyl sites for hydroxylation is 2. The molecule has 0 radical (unpaired) electrons. The normalized spacial score (nSPS) is 10.5. The van der Waals surface area contributed by atoms with Crippen LogP contribution in [0.25, 0.3) is 0 Å². The SMILES string of the molecule is CCCc1nc(NC)c(C)c(Nc2ccc(C)cc2F)n1. The quantitative estimate of drug-likeness (QED) is 0.874. The number of hydrogen-bond donors (Lipinski definition) is 2. The number of hydrogen-bond acceptors (Lipinski definition) is 4. The van der Waals surface area contributed by atoms with E-state index in [4.69, 9.17) is 0 Å². The molecule has 1 heterocycles. The van der Waals surface area contributed by atoms with E-state index in [0.29, 0.717) is 11.5 Å². The predicted octanol–water partition coefficient (Wildman–Crippen LogP) is 3.97. The van der Waals surface area contributed by atoms with Gasteiger partial charge in [0, 0.05) is 19.0 Å². The zero-order valence-electron chi connectivity index (χ0n) is 12.9. The van der Waals surface area contributed by atoms with E-state index in [1.54, 1.807) is 6.07 Å². The molecule has 0 spiro atoms. The van der Waals surface area contributed by atoms with Gasteiger partial charge in [0.1, 0.15) is 23.3 Å². The first kappa shape index (κ1) is 15.2. The molecule has 0 aliphatic heterocycles. The van der Waals surface area contributed by atoms with Crippen molar-refractivity contribution in [1.82, 2.24) is 9.97 Å². The van der Waals surface area contributed by atoms with Gasteiger partial charge in [-0.05, 0) is 38.0 Å². The lowest BCUT2D eigenvalue weighted by molar-refractivity contribution is 0.630. The van der Waals surface area contributed by atoms with E-state index in [9.17, 15) is 4.39 Å². The average Bonchev–Trinajstić information content (AvgIpc) is 2.45. The fourth-order valence-electron chi connectivity index (χ4n) is 2.11. The Kier molecular flexibility index (Phi) is 4.73. The van der Waals surface area contributed by atoms with Gasteiger partial charge in [-0.2, -0.15) is 0 Å². The fourth-order valence-corrected chi connectivity index (χ4v) is 2.11. The summed E-state index contributed by atoms with van der Waals surface area (Å²) in [6, 6.07) is 5.10. The minimum Gasteiger partial charge on any atom is -0.373 e. The van der Waals surface area contributed by atoms with Crippen LogP contribution in [0.3, 0.4) is 0 Å². The van der Waals surface area contributed by atoms with E-state index in [0.717, 1.165) is 35.6 Å². The van der Waals surface area contributed by atoms with Crippen molar-refractivity contribution in [2.75, 3.05) is 17.7 Å². The smallest absolute Gasteiger partial charge is 0.146 e. The van der Waals surface area contributed by atoms with Crippen molar-refractivity contribution in [1.29, 1.82) is 0 Å². The molecule has 112 valence electrons. The van der Waals surface area contributed by atoms with Gasteiger partial charge >= 0.3 is 0 Å². The van der Waals surface area contributed by atoms with Crippen molar-refractivity contribution in [3.05, 3.63) is 41.0 Å². The predicted molar refractivity (Wildman–Crippen MR) is 84.7 cm³/mol. The lowest BCUT2D eigenvalue weighted by Crippen LogP contribution is -2.08. The molecule has 2 aromatic rings. The summed E-state index contributed by atoms with van der Waals surface area (Å²) < 4.78 is 14.0. The summed E-state index contributed by atoms with van der Waals surface area (Å²) in [6.07, 6.45) is 1.75. The number of rotatable bonds is 5. The van der Waals surface area contributed by atoms with Crippen LogP contribution in [0.5, 0.6) is 0 Å². The van der Waals surface area contributed by atoms with Crippen LogP contribution >= 0.6 is 0 Å². The van der Waals surface area contributed by atoms with Crippen LogP contribution in [0.1, 0.15) is 30.3 Å². The second-order valence-electron chi connectivity index (χ2n) is 5.07. The Morgan fingerprint density at radius 1 is 1.14 bits per heavy atom. The highest BCUT2D eigenvalue weighted by molar-refractivity contribution is 5.65. The summed E-state index contributed by atoms with van der Waals surface area (Å²) >= 11 is 0. The van der Waals surface area contributed by atoms with Crippen molar-refractivity contribution in [2.45, 2.75) is 33.6 Å². The maximum absolute atomic E-state index is 14.0. The zero-order chi connectivity index (χ0) is 15.4. The summed E-state index contributed by atoms with van der Waals surface area (Å²) in [6.45, 7) is 5.85. The maximum Gasteiger partial charge on any atom is 0.146 e. The molecule has 0 saturated carbocycles. The molecule has 0 aliphatic rings. The molecule has 0 bridgehead atoms. The Morgan fingerprint density at radius 3 is 2.48 bits per heavy atom. The minimum absolute atomic E-state index is 0.281. The molecule has 0 fully saturated rings. The number of aromatic nitrogens is 2. The van der Waals surface area contributed by atoms with Crippen LogP contribution in [-0.2, 0) is 6.42 Å². The van der Waals surface area contributed by atoms with Crippen LogP contribution in [0, 0.1) is 19.7 Å². The first-order chi connectivity index (χ1) is 10.0. The van der Waals surface area contributed by atoms with Crippen LogP contribution < -0.4 is 10.6 Å². The third-order valence-electron chi connectivity index (χ3n) is 3.28. The number of nitrogens with one attached hydrogen (secondary N) is 2. The molecular formula is C16H21FN4. The molecular weight excluding hydrogens is 267 g/mol. The van der Waals surface area contributed by atoms with E-state index < -0.39 is 0 Å². The molecule has 5 heteroatoms. The van der Waals surface area contributed by atoms with Crippen LogP contribution in [-0.4, -0.2) is 17.0 Å². The van der Waals surface area contributed by atoms with Gasteiger partial charge < -0.3 is 10.6 Å². The monoisotopic (exact) mass is 288 g/mol. The Labute approximate surface area is 124 Å². The largest absolute Gasteiger partial charge is 0.373 e. The fraction of sp³-hybridized carbons (Fsp3) is 0.375. The molecule has 2 rings (SSSR count). The molecule has 4 nitrogen and oxygen atoms in total. The number of anilines is 3. The van der Waals surface area contributed by atoms with Crippen LogP contribution in [0.2, 0.25) is 0 Å². The Morgan fingerprint density at radius 2 is 1.86 bits per heavy atom. The van der Waals surface area contributed by atoms with E-state index >= 15 is 0 Å². The number of benzene rings is 1. The first-order valence-corrected chi connectivity index (χ1v) is 7.13. The van der Waals surface area contributed by atoms with Crippen molar-refractivity contribution in [3.8, 4) is 0 Å². The molecule has 1 aromatic heterocycles. The number of nitrogens with zero attached hydrogens (tertiary/aromatic N) is 2. The summed E-state index contributed by atoms with van der Waals surface area (Å²) in [5.74, 6) is 1.88. The highest BCUT2D eigenvalue weighted by Gasteiger charge is 2.11. The molecule has 0 amide bonds. The van der Waals surface area contributed by atoms with Gasteiger partial charge in [-0.1, -0.05) is 13.0 Å². The minimum atomic E-state index is -0.281. The summed E-state index contributed by atoms with van der Waals surface area (Å²) in [4.78, 5) is 8.96. The molecule has 0 saturated heterocycles. The van der Waals surface area contributed by atoms with Crippen molar-refractivity contribution in [3.63, 3.8) is 0 Å². The van der Waals surface area contributed by atoms with E-state index in [2.05, 4.69) is 27.5 Å². The Bertz CT molecular complexity index is 640. The van der Waals surface area contributed by atoms with Gasteiger partial charge in [0.25, 0.3) is 0 Å². The first-order valence-electron chi connectivity index (χ1n) is 7.13. The van der Waals surface area contributed by atoms with Crippen molar-refractivity contribution in [2.24, 2.45) is 0 Å². The van der Waals surface area contributed by atoms with Gasteiger partial charge in [-0.15, -0.1) is 0 Å². The lowest BCUT2D eigenvalue weighted by Gasteiger charge is -2.14. The van der Waals surface area contributed by atoms with Crippen LogP contribution in [0.4, 0.5) is 21.7 Å². The van der Waals surface area contributed by atoms with Gasteiger partial charge in [0.15, 0.2) is 0 Å². The average molecular weight is 288 g/mol.